The van der Waals surface area contributed by atoms with Crippen molar-refractivity contribution in [3.63, 3.8) is 0 Å². The Kier molecular flexibility index (Phi) is 4.73. The van der Waals surface area contributed by atoms with E-state index in [9.17, 15) is 4.79 Å². The van der Waals surface area contributed by atoms with Gasteiger partial charge in [-0.05, 0) is 56.4 Å². The van der Waals surface area contributed by atoms with E-state index in [1.165, 1.54) is 22.6 Å². The van der Waals surface area contributed by atoms with Crippen molar-refractivity contribution in [1.82, 2.24) is 10.2 Å². The number of nitrogens with one attached hydrogen (secondary N) is 1. The first-order valence-corrected chi connectivity index (χ1v) is 9.06. The molecule has 112 valence electrons. The van der Waals surface area contributed by atoms with Gasteiger partial charge in [0.2, 0.25) is 0 Å². The molecule has 21 heavy (non-hydrogen) atoms. The maximum absolute atomic E-state index is 12.2. The molecule has 1 unspecified atom stereocenters. The zero-order chi connectivity index (χ0) is 14.7. The fraction of sp³-hybridized carbons (Fsp3) is 0.438. The molecule has 0 bridgehead atoms. The Bertz CT molecular complexity index is 585. The average molecular weight is 320 g/mol. The molecule has 1 aliphatic heterocycles. The van der Waals surface area contributed by atoms with Crippen LogP contribution in [-0.4, -0.2) is 30.4 Å². The summed E-state index contributed by atoms with van der Waals surface area (Å²) in [7, 11) is 0. The number of rotatable bonds is 5. The number of thiophene rings is 2. The fourth-order valence-corrected chi connectivity index (χ4v) is 4.42. The molecule has 2 aromatic rings. The van der Waals surface area contributed by atoms with Crippen molar-refractivity contribution in [2.45, 2.75) is 25.8 Å². The van der Waals surface area contributed by atoms with Crippen molar-refractivity contribution < 1.29 is 4.79 Å². The number of likely N-dealkylation sites (tertiary alicyclic amines) is 1. The minimum Gasteiger partial charge on any atom is -0.349 e. The Labute approximate surface area is 133 Å². The lowest BCUT2D eigenvalue weighted by atomic mass is 10.2. The third-order valence-electron chi connectivity index (χ3n) is 3.87. The molecule has 0 saturated carbocycles. The summed E-state index contributed by atoms with van der Waals surface area (Å²) in [5.74, 6) is 0.0499. The van der Waals surface area contributed by atoms with E-state index in [0.717, 1.165) is 18.0 Å². The quantitative estimate of drug-likeness (QED) is 0.911. The lowest BCUT2D eigenvalue weighted by molar-refractivity contribution is 0.0942. The summed E-state index contributed by atoms with van der Waals surface area (Å²) in [5.41, 5.74) is 0. The molecule has 0 spiro atoms. The first kappa shape index (κ1) is 14.8. The predicted molar refractivity (Wildman–Crippen MR) is 89.3 cm³/mol. The monoisotopic (exact) mass is 320 g/mol. The van der Waals surface area contributed by atoms with Gasteiger partial charge in [-0.2, -0.15) is 0 Å². The van der Waals surface area contributed by atoms with Crippen LogP contribution in [0.3, 0.4) is 0 Å². The molecule has 5 heteroatoms. The lowest BCUT2D eigenvalue weighted by Crippen LogP contribution is -2.36. The molecule has 1 fully saturated rings. The van der Waals surface area contributed by atoms with E-state index in [1.807, 2.05) is 19.1 Å². The number of nitrogens with zero attached hydrogens (tertiary/aromatic N) is 1. The number of amides is 1. The van der Waals surface area contributed by atoms with Crippen molar-refractivity contribution in [3.05, 3.63) is 44.3 Å². The minimum absolute atomic E-state index is 0.0499. The summed E-state index contributed by atoms with van der Waals surface area (Å²) in [4.78, 5) is 18.0. The smallest absolute Gasteiger partial charge is 0.261 e. The SMILES string of the molecule is Cc1ccc(C(=O)NCC(c2cccs2)N2CCCC2)s1. The highest BCUT2D eigenvalue weighted by Gasteiger charge is 2.24. The highest BCUT2D eigenvalue weighted by molar-refractivity contribution is 7.14. The van der Waals surface area contributed by atoms with Gasteiger partial charge in [0, 0.05) is 16.3 Å². The molecule has 1 amide bonds. The van der Waals surface area contributed by atoms with Gasteiger partial charge in [-0.1, -0.05) is 6.07 Å². The summed E-state index contributed by atoms with van der Waals surface area (Å²) in [6.45, 7) is 4.99. The van der Waals surface area contributed by atoms with Gasteiger partial charge in [0.05, 0.1) is 10.9 Å². The van der Waals surface area contributed by atoms with E-state index >= 15 is 0 Å². The van der Waals surface area contributed by atoms with Crippen LogP contribution >= 0.6 is 22.7 Å². The second-order valence-corrected chi connectivity index (χ2v) is 7.66. The second-order valence-electron chi connectivity index (χ2n) is 5.39. The fourth-order valence-electron chi connectivity index (χ4n) is 2.78. The Hall–Kier alpha value is -1.17. The molecular formula is C16H20N2OS2. The highest BCUT2D eigenvalue weighted by Crippen LogP contribution is 2.28. The first-order valence-electron chi connectivity index (χ1n) is 7.36. The van der Waals surface area contributed by atoms with E-state index in [2.05, 4.69) is 27.7 Å². The molecule has 3 heterocycles. The van der Waals surface area contributed by atoms with Gasteiger partial charge in [0.15, 0.2) is 0 Å². The lowest BCUT2D eigenvalue weighted by Gasteiger charge is -2.26. The molecule has 1 aliphatic rings. The average Bonchev–Trinajstić information content (AvgIpc) is 3.21. The number of hydrogen-bond donors (Lipinski definition) is 1. The normalized spacial score (nSPS) is 17.0. The van der Waals surface area contributed by atoms with Crippen molar-refractivity contribution in [2.24, 2.45) is 0 Å². The summed E-state index contributed by atoms with van der Waals surface area (Å²) in [6.07, 6.45) is 2.53. The van der Waals surface area contributed by atoms with Crippen molar-refractivity contribution in [3.8, 4) is 0 Å². The van der Waals surface area contributed by atoms with Crippen LogP contribution in [0, 0.1) is 6.92 Å². The van der Waals surface area contributed by atoms with Gasteiger partial charge >= 0.3 is 0 Å². The summed E-state index contributed by atoms with van der Waals surface area (Å²) in [5, 5.41) is 5.23. The Morgan fingerprint density at radius 3 is 2.76 bits per heavy atom. The van der Waals surface area contributed by atoms with Crippen LogP contribution in [0.4, 0.5) is 0 Å². The molecule has 2 aromatic heterocycles. The molecule has 0 aromatic carbocycles. The van der Waals surface area contributed by atoms with Crippen LogP contribution in [0.5, 0.6) is 0 Å². The molecular weight excluding hydrogens is 300 g/mol. The Morgan fingerprint density at radius 2 is 2.14 bits per heavy atom. The van der Waals surface area contributed by atoms with Crippen molar-refractivity contribution in [2.75, 3.05) is 19.6 Å². The maximum atomic E-state index is 12.2. The van der Waals surface area contributed by atoms with Gasteiger partial charge in [0.1, 0.15) is 0 Å². The van der Waals surface area contributed by atoms with Crippen molar-refractivity contribution >= 4 is 28.6 Å². The van der Waals surface area contributed by atoms with E-state index in [0.29, 0.717) is 12.6 Å². The van der Waals surface area contributed by atoms with Crippen LogP contribution in [-0.2, 0) is 0 Å². The van der Waals surface area contributed by atoms with Crippen LogP contribution in [0.2, 0.25) is 0 Å². The largest absolute Gasteiger partial charge is 0.349 e. The minimum atomic E-state index is 0.0499. The molecule has 0 aliphatic carbocycles. The summed E-state index contributed by atoms with van der Waals surface area (Å²) >= 11 is 3.33. The van der Waals surface area contributed by atoms with Gasteiger partial charge < -0.3 is 5.32 Å². The topological polar surface area (TPSA) is 32.3 Å². The second kappa shape index (κ2) is 6.73. The van der Waals surface area contributed by atoms with E-state index < -0.39 is 0 Å². The summed E-state index contributed by atoms with van der Waals surface area (Å²) < 4.78 is 0. The molecule has 1 N–H and O–H groups in total. The molecule has 0 radical (unpaired) electrons. The molecule has 3 rings (SSSR count). The van der Waals surface area contributed by atoms with Gasteiger partial charge in [-0.25, -0.2) is 0 Å². The van der Waals surface area contributed by atoms with Gasteiger partial charge in [0.25, 0.3) is 5.91 Å². The van der Waals surface area contributed by atoms with Crippen LogP contribution in [0.15, 0.2) is 29.6 Å². The van der Waals surface area contributed by atoms with Crippen LogP contribution in [0.1, 0.15) is 38.3 Å². The number of carbonyl (C=O) groups excluding carboxylic acids is 1. The van der Waals surface area contributed by atoms with E-state index in [-0.39, 0.29) is 5.91 Å². The van der Waals surface area contributed by atoms with Crippen LogP contribution < -0.4 is 5.32 Å². The molecule has 1 atom stereocenters. The third-order valence-corrected chi connectivity index (χ3v) is 5.85. The first-order chi connectivity index (χ1) is 10.2. The number of aryl methyl sites for hydroxylation is 1. The Balaban J connectivity index is 1.66. The standard InChI is InChI=1S/C16H20N2OS2/c1-12-6-7-15(21-12)16(19)17-11-13(14-5-4-10-20-14)18-8-2-3-9-18/h4-7,10,13H,2-3,8-9,11H2,1H3,(H,17,19). The number of carbonyl (C=O) groups is 1. The van der Waals surface area contributed by atoms with Crippen LogP contribution in [0.25, 0.3) is 0 Å². The summed E-state index contributed by atoms with van der Waals surface area (Å²) in [6, 6.07) is 8.49. The Morgan fingerprint density at radius 1 is 1.33 bits per heavy atom. The third kappa shape index (κ3) is 3.54. The highest BCUT2D eigenvalue weighted by atomic mass is 32.1. The zero-order valence-corrected chi connectivity index (χ0v) is 13.8. The number of hydrogen-bond acceptors (Lipinski definition) is 4. The predicted octanol–water partition coefficient (Wildman–Crippen LogP) is 3.68. The zero-order valence-electron chi connectivity index (χ0n) is 12.2. The molecule has 3 nitrogen and oxygen atoms in total. The maximum Gasteiger partial charge on any atom is 0.261 e. The van der Waals surface area contributed by atoms with Gasteiger partial charge in [-0.3, -0.25) is 9.69 Å². The van der Waals surface area contributed by atoms with Gasteiger partial charge in [-0.15, -0.1) is 22.7 Å². The molecule has 1 saturated heterocycles. The van der Waals surface area contributed by atoms with E-state index in [4.69, 9.17) is 0 Å². The van der Waals surface area contributed by atoms with E-state index in [1.54, 1.807) is 22.7 Å². The van der Waals surface area contributed by atoms with Crippen molar-refractivity contribution in [1.29, 1.82) is 0 Å².